The van der Waals surface area contributed by atoms with Crippen molar-refractivity contribution in [1.29, 1.82) is 0 Å². The minimum Gasteiger partial charge on any atom is -0.390 e. The molecule has 0 aliphatic heterocycles. The van der Waals surface area contributed by atoms with Crippen LogP contribution in [0, 0.1) is 23.2 Å². The maximum Gasteiger partial charge on any atom is 0.114 e. The van der Waals surface area contributed by atoms with Gasteiger partial charge >= 0.3 is 0 Å². The van der Waals surface area contributed by atoms with E-state index in [1.807, 2.05) is 13.8 Å². The molecule has 0 aromatic heterocycles. The molecule has 0 heterocycles. The summed E-state index contributed by atoms with van der Waals surface area (Å²) in [7, 11) is 0. The molecule has 6 atom stereocenters. The molecular formula is C27H46O4. The maximum atomic E-state index is 10.2. The van der Waals surface area contributed by atoms with Crippen LogP contribution >= 0.6 is 0 Å². The molecule has 3 unspecified atom stereocenters. The smallest absolute Gasteiger partial charge is 0.114 e. The van der Waals surface area contributed by atoms with Crippen LogP contribution in [-0.4, -0.2) is 43.8 Å². The van der Waals surface area contributed by atoms with Crippen LogP contribution in [0.5, 0.6) is 0 Å². The van der Waals surface area contributed by atoms with Crippen molar-refractivity contribution >= 4 is 0 Å². The molecular weight excluding hydrogens is 388 g/mol. The molecule has 4 heteroatoms. The molecule has 0 aromatic carbocycles. The lowest BCUT2D eigenvalue weighted by molar-refractivity contribution is -0.144. The van der Waals surface area contributed by atoms with Crippen molar-refractivity contribution in [1.82, 2.24) is 0 Å². The fourth-order valence-corrected chi connectivity index (χ4v) is 6.85. The third-order valence-electron chi connectivity index (χ3n) is 8.97. The van der Waals surface area contributed by atoms with E-state index in [1.54, 1.807) is 0 Å². The molecule has 3 aliphatic rings. The second kappa shape index (κ2) is 9.29. The van der Waals surface area contributed by atoms with Gasteiger partial charge in [-0.1, -0.05) is 50.0 Å². The molecule has 0 radical (unpaired) electrons. The number of rotatable bonds is 6. The highest BCUT2D eigenvalue weighted by molar-refractivity contribution is 5.27. The van der Waals surface area contributed by atoms with E-state index in [9.17, 15) is 20.4 Å². The average molecular weight is 435 g/mol. The Kier molecular flexibility index (Phi) is 7.48. The lowest BCUT2D eigenvalue weighted by Gasteiger charge is -2.44. The molecule has 4 nitrogen and oxygen atoms in total. The zero-order valence-corrected chi connectivity index (χ0v) is 20.4. The standard InChI is InChI=1S/C27H46O4/c1-18(8-6-14-25(2,3)30)21-12-13-22-20(9-7-15-26(21,22)4)11-10-19-16-23(28)27(5,31)24(29)17-19/h10-11,18,21-24,28-31H,6-9,12-17H2,1-5H3/b19-10?,20-11+/t18-,21?,22?,23-,24-,26?,27?/m1/s1. The molecule has 178 valence electrons. The highest BCUT2D eigenvalue weighted by Gasteiger charge is 2.50. The monoisotopic (exact) mass is 434 g/mol. The Balaban J connectivity index is 1.68. The summed E-state index contributed by atoms with van der Waals surface area (Å²) < 4.78 is 0. The largest absolute Gasteiger partial charge is 0.390 e. The predicted molar refractivity (Wildman–Crippen MR) is 126 cm³/mol. The minimum atomic E-state index is -1.42. The van der Waals surface area contributed by atoms with Crippen LogP contribution in [-0.2, 0) is 0 Å². The van der Waals surface area contributed by atoms with Crippen LogP contribution in [0.1, 0.15) is 98.8 Å². The van der Waals surface area contributed by atoms with Gasteiger partial charge in [-0.2, -0.15) is 0 Å². The normalized spacial score (nSPS) is 41.3. The summed E-state index contributed by atoms with van der Waals surface area (Å²) >= 11 is 0. The second-order valence-electron chi connectivity index (χ2n) is 12.0. The third-order valence-corrected chi connectivity index (χ3v) is 8.97. The molecule has 31 heavy (non-hydrogen) atoms. The number of aliphatic hydroxyl groups is 4. The number of allylic oxidation sites excluding steroid dienone is 3. The summed E-state index contributed by atoms with van der Waals surface area (Å²) in [6, 6.07) is 0. The molecule has 3 aliphatic carbocycles. The molecule has 0 spiro atoms. The van der Waals surface area contributed by atoms with E-state index in [4.69, 9.17) is 0 Å². The van der Waals surface area contributed by atoms with Gasteiger partial charge in [-0.05, 0) is 95.3 Å². The van der Waals surface area contributed by atoms with E-state index in [-0.39, 0.29) is 0 Å². The quantitative estimate of drug-likeness (QED) is 0.479. The number of fused-ring (bicyclic) bond motifs is 1. The average Bonchev–Trinajstić information content (AvgIpc) is 3.01. The van der Waals surface area contributed by atoms with Crippen molar-refractivity contribution in [3.8, 4) is 0 Å². The van der Waals surface area contributed by atoms with Crippen molar-refractivity contribution in [2.75, 3.05) is 0 Å². The van der Waals surface area contributed by atoms with E-state index in [0.717, 1.165) is 30.8 Å². The lowest BCUT2D eigenvalue weighted by Crippen LogP contribution is -2.52. The summed E-state index contributed by atoms with van der Waals surface area (Å²) in [5.41, 5.74) is 0.929. The first-order valence-corrected chi connectivity index (χ1v) is 12.5. The highest BCUT2D eigenvalue weighted by atomic mass is 16.4. The summed E-state index contributed by atoms with van der Waals surface area (Å²) in [4.78, 5) is 0. The van der Waals surface area contributed by atoms with Gasteiger partial charge in [0, 0.05) is 0 Å². The van der Waals surface area contributed by atoms with Gasteiger partial charge in [0.1, 0.15) is 5.60 Å². The topological polar surface area (TPSA) is 80.9 Å². The zero-order chi connectivity index (χ0) is 23.0. The van der Waals surface area contributed by atoms with Gasteiger partial charge in [-0.25, -0.2) is 0 Å². The molecule has 0 bridgehead atoms. The second-order valence-corrected chi connectivity index (χ2v) is 12.0. The Bertz CT molecular complexity index is 670. The summed E-state index contributed by atoms with van der Waals surface area (Å²) in [6.07, 6.45) is 12.8. The fourth-order valence-electron chi connectivity index (χ4n) is 6.85. The van der Waals surface area contributed by atoms with Gasteiger partial charge in [0.15, 0.2) is 0 Å². The van der Waals surface area contributed by atoms with E-state index in [0.29, 0.717) is 30.1 Å². The Hall–Kier alpha value is -0.680. The molecule has 3 rings (SSSR count). The van der Waals surface area contributed by atoms with Crippen molar-refractivity contribution in [2.45, 2.75) is 122 Å². The maximum absolute atomic E-state index is 10.2. The van der Waals surface area contributed by atoms with E-state index < -0.39 is 23.4 Å². The first-order valence-electron chi connectivity index (χ1n) is 12.5. The highest BCUT2D eigenvalue weighted by Crippen LogP contribution is 2.60. The van der Waals surface area contributed by atoms with Gasteiger partial charge in [0.2, 0.25) is 0 Å². The van der Waals surface area contributed by atoms with Crippen LogP contribution < -0.4 is 0 Å². The summed E-state index contributed by atoms with van der Waals surface area (Å²) in [5, 5.41) is 40.7. The lowest BCUT2D eigenvalue weighted by atomic mass is 9.60. The molecule has 0 saturated heterocycles. The van der Waals surface area contributed by atoms with Gasteiger partial charge in [0.25, 0.3) is 0 Å². The fraction of sp³-hybridized carbons (Fsp3) is 0.852. The van der Waals surface area contributed by atoms with Gasteiger partial charge in [-0.15, -0.1) is 0 Å². The molecule has 3 saturated carbocycles. The van der Waals surface area contributed by atoms with Crippen LogP contribution in [0.3, 0.4) is 0 Å². The number of hydrogen-bond acceptors (Lipinski definition) is 4. The van der Waals surface area contributed by atoms with Gasteiger partial charge in [-0.3, -0.25) is 0 Å². The van der Waals surface area contributed by atoms with E-state index >= 15 is 0 Å². The number of hydrogen-bond donors (Lipinski definition) is 4. The Morgan fingerprint density at radius 1 is 1.10 bits per heavy atom. The Morgan fingerprint density at radius 3 is 2.35 bits per heavy atom. The summed E-state index contributed by atoms with van der Waals surface area (Å²) in [5.74, 6) is 2.05. The third kappa shape index (κ3) is 5.46. The van der Waals surface area contributed by atoms with Crippen LogP contribution in [0.2, 0.25) is 0 Å². The van der Waals surface area contributed by atoms with Gasteiger partial charge < -0.3 is 20.4 Å². The minimum absolute atomic E-state index is 0.353. The first-order chi connectivity index (χ1) is 14.3. The van der Waals surface area contributed by atoms with E-state index in [2.05, 4.69) is 26.0 Å². The summed E-state index contributed by atoms with van der Waals surface area (Å²) in [6.45, 7) is 10.3. The Labute approximate surface area is 189 Å². The molecule has 0 aromatic rings. The van der Waals surface area contributed by atoms with Gasteiger partial charge in [0.05, 0.1) is 17.8 Å². The Morgan fingerprint density at radius 2 is 1.74 bits per heavy atom. The van der Waals surface area contributed by atoms with Crippen molar-refractivity contribution in [2.24, 2.45) is 23.2 Å². The predicted octanol–water partition coefficient (Wildman–Crippen LogP) is 4.90. The van der Waals surface area contributed by atoms with Crippen LogP contribution in [0.25, 0.3) is 0 Å². The van der Waals surface area contributed by atoms with Crippen LogP contribution in [0.4, 0.5) is 0 Å². The first kappa shape index (κ1) is 25.0. The zero-order valence-electron chi connectivity index (χ0n) is 20.4. The molecule has 4 N–H and O–H groups in total. The molecule has 0 amide bonds. The van der Waals surface area contributed by atoms with E-state index in [1.165, 1.54) is 44.6 Å². The SMILES string of the molecule is C[C@H](CCCC(C)(C)O)C1CCC2/C(=C/C=C3C[C@@H](O)C(C)(O)[C@H](O)C3)CCCC21C. The van der Waals surface area contributed by atoms with Crippen molar-refractivity contribution in [3.63, 3.8) is 0 Å². The number of aliphatic hydroxyl groups excluding tert-OH is 2. The van der Waals surface area contributed by atoms with Crippen molar-refractivity contribution < 1.29 is 20.4 Å². The molecule has 3 fully saturated rings. The van der Waals surface area contributed by atoms with Crippen molar-refractivity contribution in [3.05, 3.63) is 23.3 Å². The van der Waals surface area contributed by atoms with Crippen LogP contribution in [0.15, 0.2) is 23.3 Å².